The maximum Gasteiger partial charge on any atom is 0.0812 e. The van der Waals surface area contributed by atoms with Gasteiger partial charge in [-0.1, -0.05) is 50.8 Å². The molecule has 0 aliphatic carbocycles. The van der Waals surface area contributed by atoms with Gasteiger partial charge in [0.25, 0.3) is 0 Å². The van der Waals surface area contributed by atoms with E-state index in [2.05, 4.69) is 6.58 Å². The predicted molar refractivity (Wildman–Crippen MR) is 56.3 cm³/mol. The van der Waals surface area contributed by atoms with Crippen LogP contribution in [0.25, 0.3) is 5.57 Å². The first kappa shape index (κ1) is 10.0. The Balaban J connectivity index is 2.80. The van der Waals surface area contributed by atoms with Crippen molar-refractivity contribution in [1.82, 2.24) is 0 Å². The molecule has 0 heterocycles. The van der Waals surface area contributed by atoms with Crippen LogP contribution in [0.15, 0.2) is 36.9 Å². The zero-order chi connectivity index (χ0) is 9.84. The average molecular weight is 176 g/mol. The van der Waals surface area contributed by atoms with E-state index in [0.29, 0.717) is 0 Å². The van der Waals surface area contributed by atoms with Crippen LogP contribution in [0, 0.1) is 5.92 Å². The molecule has 1 rings (SSSR count). The van der Waals surface area contributed by atoms with Crippen LogP contribution in [-0.4, -0.2) is 11.2 Å². The maximum atomic E-state index is 9.75. The lowest BCUT2D eigenvalue weighted by atomic mass is 9.95. The second-order valence-electron chi connectivity index (χ2n) is 3.58. The number of hydrogen-bond acceptors (Lipinski definition) is 1. The summed E-state index contributed by atoms with van der Waals surface area (Å²) >= 11 is 0. The van der Waals surface area contributed by atoms with Gasteiger partial charge in [-0.15, -0.1) is 0 Å². The molecule has 0 unspecified atom stereocenters. The van der Waals surface area contributed by atoms with Crippen molar-refractivity contribution in [3.63, 3.8) is 0 Å². The highest BCUT2D eigenvalue weighted by atomic mass is 16.3. The van der Waals surface area contributed by atoms with Crippen LogP contribution in [0.1, 0.15) is 19.4 Å². The Morgan fingerprint density at radius 2 is 1.77 bits per heavy atom. The van der Waals surface area contributed by atoms with Crippen molar-refractivity contribution in [2.75, 3.05) is 0 Å². The van der Waals surface area contributed by atoms with Crippen LogP contribution in [-0.2, 0) is 0 Å². The lowest BCUT2D eigenvalue weighted by Crippen LogP contribution is -2.15. The summed E-state index contributed by atoms with van der Waals surface area (Å²) in [6.07, 6.45) is -0.442. The molecule has 0 fully saturated rings. The Morgan fingerprint density at radius 3 is 2.23 bits per heavy atom. The summed E-state index contributed by atoms with van der Waals surface area (Å²) in [5.74, 6) is 0.215. The Labute approximate surface area is 79.7 Å². The van der Waals surface area contributed by atoms with Crippen molar-refractivity contribution in [2.45, 2.75) is 20.0 Å². The highest BCUT2D eigenvalue weighted by Crippen LogP contribution is 2.20. The third-order valence-corrected chi connectivity index (χ3v) is 2.13. The molecular weight excluding hydrogens is 160 g/mol. The average Bonchev–Trinajstić information content (AvgIpc) is 2.17. The van der Waals surface area contributed by atoms with E-state index in [0.717, 1.165) is 11.1 Å². The smallest absolute Gasteiger partial charge is 0.0812 e. The van der Waals surface area contributed by atoms with E-state index in [1.54, 1.807) is 0 Å². The van der Waals surface area contributed by atoms with E-state index in [9.17, 15) is 5.11 Å². The molecule has 0 aliphatic heterocycles. The van der Waals surface area contributed by atoms with Gasteiger partial charge in [0.05, 0.1) is 6.10 Å². The molecule has 0 amide bonds. The van der Waals surface area contributed by atoms with Gasteiger partial charge in [0.2, 0.25) is 0 Å². The van der Waals surface area contributed by atoms with Crippen LogP contribution in [0.4, 0.5) is 0 Å². The topological polar surface area (TPSA) is 20.2 Å². The fraction of sp³-hybridized carbons (Fsp3) is 0.333. The van der Waals surface area contributed by atoms with E-state index in [4.69, 9.17) is 0 Å². The Kier molecular flexibility index (Phi) is 3.26. The third-order valence-electron chi connectivity index (χ3n) is 2.13. The molecule has 13 heavy (non-hydrogen) atoms. The molecule has 0 bridgehead atoms. The van der Waals surface area contributed by atoms with Crippen molar-refractivity contribution < 1.29 is 5.11 Å². The van der Waals surface area contributed by atoms with Crippen LogP contribution in [0.5, 0.6) is 0 Å². The Hall–Kier alpha value is -1.08. The molecule has 70 valence electrons. The molecule has 0 saturated carbocycles. The summed E-state index contributed by atoms with van der Waals surface area (Å²) in [5.41, 5.74) is 1.82. The van der Waals surface area contributed by atoms with E-state index < -0.39 is 6.10 Å². The SMILES string of the molecule is C=C(c1ccccc1)[C@@H](O)C(C)C. The van der Waals surface area contributed by atoms with Gasteiger partial charge in [-0.05, 0) is 17.1 Å². The summed E-state index contributed by atoms with van der Waals surface area (Å²) in [5, 5.41) is 9.75. The minimum Gasteiger partial charge on any atom is -0.388 e. The van der Waals surface area contributed by atoms with Gasteiger partial charge < -0.3 is 5.11 Å². The molecule has 1 heteroatoms. The second kappa shape index (κ2) is 4.24. The molecule has 1 aromatic rings. The summed E-state index contributed by atoms with van der Waals surface area (Å²) in [6.45, 7) is 7.87. The Bertz CT molecular complexity index is 274. The van der Waals surface area contributed by atoms with Gasteiger partial charge in [-0.2, -0.15) is 0 Å². The van der Waals surface area contributed by atoms with Crippen molar-refractivity contribution in [1.29, 1.82) is 0 Å². The van der Waals surface area contributed by atoms with Crippen LogP contribution in [0.2, 0.25) is 0 Å². The summed E-state index contributed by atoms with van der Waals surface area (Å²) < 4.78 is 0. The minimum atomic E-state index is -0.442. The fourth-order valence-electron chi connectivity index (χ4n) is 1.23. The number of aliphatic hydroxyl groups is 1. The van der Waals surface area contributed by atoms with E-state index in [1.165, 1.54) is 0 Å². The highest BCUT2D eigenvalue weighted by Gasteiger charge is 2.13. The second-order valence-corrected chi connectivity index (χ2v) is 3.58. The molecule has 1 aromatic carbocycles. The number of aliphatic hydroxyl groups excluding tert-OH is 1. The maximum absolute atomic E-state index is 9.75. The molecule has 0 aliphatic rings. The summed E-state index contributed by atoms with van der Waals surface area (Å²) in [4.78, 5) is 0. The van der Waals surface area contributed by atoms with Gasteiger partial charge in [0.1, 0.15) is 0 Å². The predicted octanol–water partition coefficient (Wildman–Crippen LogP) is 2.72. The molecule has 0 saturated heterocycles. The first-order valence-corrected chi connectivity index (χ1v) is 4.55. The normalized spacial score (nSPS) is 12.9. The van der Waals surface area contributed by atoms with Crippen LogP contribution in [0.3, 0.4) is 0 Å². The molecule has 0 aromatic heterocycles. The van der Waals surface area contributed by atoms with Crippen LogP contribution < -0.4 is 0 Å². The molecular formula is C12H16O. The van der Waals surface area contributed by atoms with Crippen molar-refractivity contribution in [3.05, 3.63) is 42.5 Å². The zero-order valence-electron chi connectivity index (χ0n) is 8.20. The van der Waals surface area contributed by atoms with E-state index >= 15 is 0 Å². The number of rotatable bonds is 3. The molecule has 1 atom stereocenters. The zero-order valence-corrected chi connectivity index (χ0v) is 8.20. The molecule has 1 N–H and O–H groups in total. The number of benzene rings is 1. The van der Waals surface area contributed by atoms with Gasteiger partial charge >= 0.3 is 0 Å². The fourth-order valence-corrected chi connectivity index (χ4v) is 1.23. The van der Waals surface area contributed by atoms with Crippen LogP contribution >= 0.6 is 0 Å². The van der Waals surface area contributed by atoms with Gasteiger partial charge in [0.15, 0.2) is 0 Å². The van der Waals surface area contributed by atoms with E-state index in [-0.39, 0.29) is 5.92 Å². The Morgan fingerprint density at radius 1 is 1.23 bits per heavy atom. The van der Waals surface area contributed by atoms with Crippen molar-refractivity contribution in [3.8, 4) is 0 Å². The summed E-state index contributed by atoms with van der Waals surface area (Å²) in [7, 11) is 0. The molecule has 0 radical (unpaired) electrons. The largest absolute Gasteiger partial charge is 0.388 e. The first-order chi connectivity index (χ1) is 6.13. The van der Waals surface area contributed by atoms with Gasteiger partial charge in [0, 0.05) is 0 Å². The highest BCUT2D eigenvalue weighted by molar-refractivity contribution is 5.66. The van der Waals surface area contributed by atoms with Gasteiger partial charge in [-0.3, -0.25) is 0 Å². The number of hydrogen-bond donors (Lipinski definition) is 1. The minimum absolute atomic E-state index is 0.215. The molecule has 0 spiro atoms. The molecule has 1 nitrogen and oxygen atoms in total. The van der Waals surface area contributed by atoms with Crippen molar-refractivity contribution in [2.24, 2.45) is 5.92 Å². The standard InChI is InChI=1S/C12H16O/c1-9(2)12(13)10(3)11-7-5-4-6-8-11/h4-9,12-13H,3H2,1-2H3/t12-/m0/s1. The van der Waals surface area contributed by atoms with Crippen molar-refractivity contribution >= 4 is 5.57 Å². The lowest BCUT2D eigenvalue weighted by Gasteiger charge is -2.17. The van der Waals surface area contributed by atoms with Gasteiger partial charge in [-0.25, -0.2) is 0 Å². The lowest BCUT2D eigenvalue weighted by molar-refractivity contribution is 0.181. The monoisotopic (exact) mass is 176 g/mol. The summed E-state index contributed by atoms with van der Waals surface area (Å²) in [6, 6.07) is 9.79. The quantitative estimate of drug-likeness (QED) is 0.750. The van der Waals surface area contributed by atoms with E-state index in [1.807, 2.05) is 44.2 Å². The third kappa shape index (κ3) is 2.43. The first-order valence-electron chi connectivity index (χ1n) is 4.55.